The van der Waals surface area contributed by atoms with Gasteiger partial charge in [-0.15, -0.1) is 0 Å². The Hall–Kier alpha value is -3.84. The molecule has 10 nitrogen and oxygen atoms in total. The van der Waals surface area contributed by atoms with Gasteiger partial charge in [0.15, 0.2) is 12.0 Å². The first-order valence-corrected chi connectivity index (χ1v) is 12.4. The topological polar surface area (TPSA) is 114 Å². The van der Waals surface area contributed by atoms with Crippen molar-refractivity contribution in [1.82, 2.24) is 15.2 Å². The third kappa shape index (κ3) is 5.52. The van der Waals surface area contributed by atoms with Gasteiger partial charge in [0.1, 0.15) is 11.9 Å². The summed E-state index contributed by atoms with van der Waals surface area (Å²) in [6, 6.07) is 10.7. The lowest BCUT2D eigenvalue weighted by Gasteiger charge is -2.39. The number of hydrogen-bond acceptors (Lipinski definition) is 8. The Balaban J connectivity index is 1.48. The standard InChI is InChI=1S/C26H33N7O3/c1-4-36-15-14-33-18(2)26(35)31(3)22-8-9-23(30-24(22)33)28-21-7-5-6-19(16-21)25(34)29-20-10-12-32(17-27)13-11-20/h5-9,16,18,20H,4,10-15H2,1-3H3,(H,28,30)(H,29,34)/t18-/m0/s1. The maximum atomic E-state index is 12.8. The van der Waals surface area contributed by atoms with Crippen LogP contribution in [0.4, 0.5) is 23.0 Å². The van der Waals surface area contributed by atoms with Crippen LogP contribution in [0.25, 0.3) is 0 Å². The fourth-order valence-corrected chi connectivity index (χ4v) is 4.58. The minimum Gasteiger partial charge on any atom is -0.380 e. The van der Waals surface area contributed by atoms with E-state index in [4.69, 9.17) is 15.0 Å². The Labute approximate surface area is 211 Å². The Morgan fingerprint density at radius 2 is 2.03 bits per heavy atom. The summed E-state index contributed by atoms with van der Waals surface area (Å²) in [5.41, 5.74) is 2.04. The number of anilines is 4. The average molecular weight is 492 g/mol. The molecule has 2 aliphatic heterocycles. The minimum atomic E-state index is -0.349. The summed E-state index contributed by atoms with van der Waals surface area (Å²) in [5, 5.41) is 15.4. The van der Waals surface area contributed by atoms with Crippen LogP contribution in [0.3, 0.4) is 0 Å². The van der Waals surface area contributed by atoms with E-state index in [0.29, 0.717) is 50.0 Å². The smallest absolute Gasteiger partial charge is 0.251 e. The van der Waals surface area contributed by atoms with E-state index < -0.39 is 0 Å². The second kappa shape index (κ2) is 11.3. The van der Waals surface area contributed by atoms with Gasteiger partial charge >= 0.3 is 0 Å². The molecule has 10 heteroatoms. The predicted molar refractivity (Wildman–Crippen MR) is 138 cm³/mol. The summed E-state index contributed by atoms with van der Waals surface area (Å²) in [4.78, 5) is 35.7. The van der Waals surface area contributed by atoms with Gasteiger partial charge in [-0.25, -0.2) is 4.98 Å². The predicted octanol–water partition coefficient (Wildman–Crippen LogP) is 2.71. The Kier molecular flexibility index (Phi) is 7.90. The van der Waals surface area contributed by atoms with Crippen LogP contribution in [0, 0.1) is 11.5 Å². The molecule has 0 spiro atoms. The number of nitriles is 1. The van der Waals surface area contributed by atoms with Gasteiger partial charge in [-0.3, -0.25) is 9.59 Å². The summed E-state index contributed by atoms with van der Waals surface area (Å²) >= 11 is 0. The lowest BCUT2D eigenvalue weighted by atomic mass is 10.0. The van der Waals surface area contributed by atoms with Crippen molar-refractivity contribution in [3.05, 3.63) is 42.0 Å². The molecular formula is C26H33N7O3. The molecule has 2 amide bonds. The fourth-order valence-electron chi connectivity index (χ4n) is 4.58. The highest BCUT2D eigenvalue weighted by molar-refractivity contribution is 6.04. The Bertz CT molecular complexity index is 1140. The number of rotatable bonds is 8. The van der Waals surface area contributed by atoms with Gasteiger partial charge in [0.05, 0.1) is 12.3 Å². The second-order valence-electron chi connectivity index (χ2n) is 9.04. The highest BCUT2D eigenvalue weighted by atomic mass is 16.5. The number of carbonyl (C=O) groups excluding carboxylic acids is 2. The number of fused-ring (bicyclic) bond motifs is 1. The molecule has 0 aliphatic carbocycles. The first kappa shape index (κ1) is 25.3. The molecule has 190 valence electrons. The number of aromatic nitrogens is 1. The largest absolute Gasteiger partial charge is 0.380 e. The van der Waals surface area contributed by atoms with Crippen LogP contribution in [0.2, 0.25) is 0 Å². The Morgan fingerprint density at radius 3 is 2.75 bits per heavy atom. The average Bonchev–Trinajstić information content (AvgIpc) is 2.90. The number of hydrogen-bond donors (Lipinski definition) is 2. The zero-order valence-electron chi connectivity index (χ0n) is 21.0. The molecule has 1 fully saturated rings. The van der Waals surface area contributed by atoms with Crippen LogP contribution in [0.15, 0.2) is 36.4 Å². The van der Waals surface area contributed by atoms with Gasteiger partial charge in [-0.2, -0.15) is 5.26 Å². The molecule has 1 aromatic carbocycles. The van der Waals surface area contributed by atoms with Crippen molar-refractivity contribution in [2.75, 3.05) is 55.0 Å². The van der Waals surface area contributed by atoms with E-state index in [2.05, 4.69) is 16.8 Å². The third-order valence-corrected chi connectivity index (χ3v) is 6.69. The van der Waals surface area contributed by atoms with Crippen molar-refractivity contribution in [1.29, 1.82) is 5.26 Å². The summed E-state index contributed by atoms with van der Waals surface area (Å²) in [6.45, 7) is 6.81. The van der Waals surface area contributed by atoms with Crippen LogP contribution in [-0.4, -0.2) is 73.7 Å². The summed E-state index contributed by atoms with van der Waals surface area (Å²) in [5.74, 6) is 1.21. The molecule has 2 aliphatic rings. The number of carbonyl (C=O) groups is 2. The number of likely N-dealkylation sites (N-methyl/N-ethyl adjacent to an activating group) is 1. The number of benzene rings is 1. The zero-order valence-corrected chi connectivity index (χ0v) is 21.0. The van der Waals surface area contributed by atoms with Crippen molar-refractivity contribution in [2.24, 2.45) is 0 Å². The highest BCUT2D eigenvalue weighted by Crippen LogP contribution is 2.35. The first-order chi connectivity index (χ1) is 17.4. The third-order valence-electron chi connectivity index (χ3n) is 6.69. The van der Waals surface area contributed by atoms with Crippen LogP contribution < -0.4 is 20.4 Å². The van der Waals surface area contributed by atoms with E-state index in [1.54, 1.807) is 29.0 Å². The number of likely N-dealkylation sites (tertiary alicyclic amines) is 1. The van der Waals surface area contributed by atoms with Crippen LogP contribution >= 0.6 is 0 Å². The van der Waals surface area contributed by atoms with Crippen molar-refractivity contribution in [2.45, 2.75) is 38.8 Å². The van der Waals surface area contributed by atoms with Crippen LogP contribution in [0.5, 0.6) is 0 Å². The number of ether oxygens (including phenoxy) is 1. The zero-order chi connectivity index (χ0) is 25.7. The van der Waals surface area contributed by atoms with Crippen molar-refractivity contribution in [3.8, 4) is 6.19 Å². The molecule has 1 saturated heterocycles. The van der Waals surface area contributed by atoms with Gasteiger partial charge in [0, 0.05) is 50.6 Å². The number of nitrogens with one attached hydrogen (secondary N) is 2. The molecule has 1 aromatic heterocycles. The number of pyridine rings is 1. The molecule has 2 aromatic rings. The van der Waals surface area contributed by atoms with Gasteiger partial charge < -0.3 is 30.1 Å². The molecule has 2 N–H and O–H groups in total. The van der Waals surface area contributed by atoms with E-state index in [1.165, 1.54) is 0 Å². The summed E-state index contributed by atoms with van der Waals surface area (Å²) in [7, 11) is 1.76. The quantitative estimate of drug-likeness (QED) is 0.428. The second-order valence-corrected chi connectivity index (χ2v) is 9.04. The SMILES string of the molecule is CCOCCN1c2nc(Nc3cccc(C(=O)NC4CCN(C#N)CC4)c3)ccc2N(C)C(=O)[C@@H]1C. The van der Waals surface area contributed by atoms with Crippen LogP contribution in [0.1, 0.15) is 37.0 Å². The molecule has 0 saturated carbocycles. The number of amides is 2. The van der Waals surface area contributed by atoms with Crippen LogP contribution in [-0.2, 0) is 9.53 Å². The van der Waals surface area contributed by atoms with Gasteiger partial charge in [-0.1, -0.05) is 6.07 Å². The van der Waals surface area contributed by atoms with E-state index in [-0.39, 0.29) is 23.9 Å². The molecule has 0 unspecified atom stereocenters. The molecule has 0 radical (unpaired) electrons. The van der Waals surface area contributed by atoms with Crippen molar-refractivity contribution < 1.29 is 14.3 Å². The minimum absolute atomic E-state index is 0.0125. The molecular weight excluding hydrogens is 458 g/mol. The first-order valence-electron chi connectivity index (χ1n) is 12.4. The van der Waals surface area contributed by atoms with E-state index in [0.717, 1.165) is 24.2 Å². The van der Waals surface area contributed by atoms with Crippen molar-refractivity contribution in [3.63, 3.8) is 0 Å². The summed E-state index contributed by atoms with van der Waals surface area (Å²) in [6.07, 6.45) is 3.67. The van der Waals surface area contributed by atoms with E-state index >= 15 is 0 Å². The molecule has 0 bridgehead atoms. The molecule has 1 atom stereocenters. The lowest BCUT2D eigenvalue weighted by molar-refractivity contribution is -0.119. The fraction of sp³-hybridized carbons (Fsp3) is 0.462. The van der Waals surface area contributed by atoms with E-state index in [9.17, 15) is 9.59 Å². The Morgan fingerprint density at radius 1 is 1.25 bits per heavy atom. The lowest BCUT2D eigenvalue weighted by Crippen LogP contribution is -2.52. The molecule has 36 heavy (non-hydrogen) atoms. The molecule has 4 rings (SSSR count). The van der Waals surface area contributed by atoms with Gasteiger partial charge in [-0.05, 0) is 57.0 Å². The van der Waals surface area contributed by atoms with Gasteiger partial charge in [0.2, 0.25) is 5.91 Å². The van der Waals surface area contributed by atoms with Gasteiger partial charge in [0.25, 0.3) is 5.91 Å². The summed E-state index contributed by atoms with van der Waals surface area (Å²) < 4.78 is 5.52. The molecule has 3 heterocycles. The normalized spacial score (nSPS) is 18.0. The van der Waals surface area contributed by atoms with E-state index in [1.807, 2.05) is 43.0 Å². The maximum Gasteiger partial charge on any atom is 0.251 e. The number of piperidine rings is 1. The maximum absolute atomic E-state index is 12.8. The number of nitrogens with zero attached hydrogens (tertiary/aromatic N) is 5. The highest BCUT2D eigenvalue weighted by Gasteiger charge is 2.34. The van der Waals surface area contributed by atoms with Crippen molar-refractivity contribution >= 4 is 34.8 Å². The monoisotopic (exact) mass is 491 g/mol.